The molecule has 1 N–H and O–H groups in total. The normalized spacial score (nSPS) is 18.1. The summed E-state index contributed by atoms with van der Waals surface area (Å²) in [6.07, 6.45) is 0. The Morgan fingerprint density at radius 2 is 2.11 bits per heavy atom. The van der Waals surface area contributed by atoms with Crippen molar-refractivity contribution in [2.75, 3.05) is 26.3 Å². The Morgan fingerprint density at radius 3 is 2.74 bits per heavy atom. The average molecular weight is 304 g/mol. The molecule has 1 saturated heterocycles. The number of ether oxygens (including phenoxy) is 1. The van der Waals surface area contributed by atoms with Gasteiger partial charge in [0.05, 0.1) is 18.1 Å². The minimum Gasteiger partial charge on any atom is -0.379 e. The molecule has 19 heavy (non-hydrogen) atoms. The van der Waals surface area contributed by atoms with E-state index in [1.54, 1.807) is 11.4 Å². The molecule has 0 spiro atoms. The second kappa shape index (κ2) is 6.32. The molecule has 2 heterocycles. The molecule has 0 amide bonds. The van der Waals surface area contributed by atoms with Gasteiger partial charge in [0, 0.05) is 35.9 Å². The Balaban J connectivity index is 2.08. The molecule has 1 aromatic heterocycles. The lowest BCUT2D eigenvalue weighted by atomic mass is 10.4. The minimum absolute atomic E-state index is 0.390. The SMILES string of the molecule is CC(C)NCc1cc(S(=O)(=O)N2CCOCC2)cs1. The minimum atomic E-state index is -3.34. The van der Waals surface area contributed by atoms with Gasteiger partial charge in [0.2, 0.25) is 10.0 Å². The van der Waals surface area contributed by atoms with Gasteiger partial charge >= 0.3 is 0 Å². The second-order valence-electron chi connectivity index (χ2n) is 4.80. The summed E-state index contributed by atoms with van der Waals surface area (Å²) in [4.78, 5) is 1.44. The summed E-state index contributed by atoms with van der Waals surface area (Å²) in [5.41, 5.74) is 0. The lowest BCUT2D eigenvalue weighted by Gasteiger charge is -2.25. The van der Waals surface area contributed by atoms with Gasteiger partial charge in [-0.3, -0.25) is 0 Å². The van der Waals surface area contributed by atoms with E-state index in [9.17, 15) is 8.42 Å². The summed E-state index contributed by atoms with van der Waals surface area (Å²) in [6, 6.07) is 2.16. The first kappa shape index (κ1) is 14.9. The van der Waals surface area contributed by atoms with E-state index in [-0.39, 0.29) is 0 Å². The van der Waals surface area contributed by atoms with Crippen molar-refractivity contribution in [1.29, 1.82) is 0 Å². The second-order valence-corrected chi connectivity index (χ2v) is 7.73. The number of morpholine rings is 1. The van der Waals surface area contributed by atoms with E-state index in [0.29, 0.717) is 43.8 Å². The Bertz CT molecular complexity index is 505. The van der Waals surface area contributed by atoms with Crippen LogP contribution in [-0.2, 0) is 21.3 Å². The maximum Gasteiger partial charge on any atom is 0.244 e. The number of thiophene rings is 1. The van der Waals surface area contributed by atoms with Crippen molar-refractivity contribution in [2.24, 2.45) is 0 Å². The van der Waals surface area contributed by atoms with E-state index >= 15 is 0 Å². The monoisotopic (exact) mass is 304 g/mol. The highest BCUT2D eigenvalue weighted by molar-refractivity contribution is 7.89. The zero-order valence-electron chi connectivity index (χ0n) is 11.3. The van der Waals surface area contributed by atoms with Crippen molar-refractivity contribution in [3.05, 3.63) is 16.3 Å². The first-order valence-electron chi connectivity index (χ1n) is 6.39. The van der Waals surface area contributed by atoms with Crippen LogP contribution < -0.4 is 5.32 Å². The first-order valence-corrected chi connectivity index (χ1v) is 8.71. The molecule has 1 aromatic rings. The van der Waals surface area contributed by atoms with Crippen LogP contribution in [0.2, 0.25) is 0 Å². The van der Waals surface area contributed by atoms with E-state index in [2.05, 4.69) is 19.2 Å². The quantitative estimate of drug-likeness (QED) is 0.890. The zero-order chi connectivity index (χ0) is 13.9. The molecule has 7 heteroatoms. The van der Waals surface area contributed by atoms with E-state index in [4.69, 9.17) is 4.74 Å². The Kier molecular flexibility index (Phi) is 4.97. The molecular formula is C12H20N2O3S2. The first-order chi connectivity index (χ1) is 9.00. The fraction of sp³-hybridized carbons (Fsp3) is 0.667. The topological polar surface area (TPSA) is 58.6 Å². The maximum absolute atomic E-state index is 12.4. The Morgan fingerprint density at radius 1 is 1.42 bits per heavy atom. The third-order valence-electron chi connectivity index (χ3n) is 2.92. The van der Waals surface area contributed by atoms with E-state index in [1.807, 2.05) is 0 Å². The van der Waals surface area contributed by atoms with Crippen LogP contribution in [0.15, 0.2) is 16.3 Å². The summed E-state index contributed by atoms with van der Waals surface area (Å²) >= 11 is 1.48. The molecule has 1 aliphatic heterocycles. The van der Waals surface area contributed by atoms with Crippen molar-refractivity contribution in [3.8, 4) is 0 Å². The Hall–Kier alpha value is -0.470. The molecule has 0 radical (unpaired) electrons. The highest BCUT2D eigenvalue weighted by atomic mass is 32.2. The van der Waals surface area contributed by atoms with Crippen LogP contribution in [0.25, 0.3) is 0 Å². The number of nitrogens with zero attached hydrogens (tertiary/aromatic N) is 1. The predicted octanol–water partition coefficient (Wildman–Crippen LogP) is 1.27. The van der Waals surface area contributed by atoms with Crippen LogP contribution >= 0.6 is 11.3 Å². The van der Waals surface area contributed by atoms with Gasteiger partial charge in [-0.05, 0) is 6.07 Å². The highest BCUT2D eigenvalue weighted by Gasteiger charge is 2.27. The third kappa shape index (κ3) is 3.76. The lowest BCUT2D eigenvalue weighted by molar-refractivity contribution is 0.0730. The zero-order valence-corrected chi connectivity index (χ0v) is 12.9. The summed E-state index contributed by atoms with van der Waals surface area (Å²) in [6.45, 7) is 6.69. The highest BCUT2D eigenvalue weighted by Crippen LogP contribution is 2.23. The number of nitrogens with one attached hydrogen (secondary N) is 1. The smallest absolute Gasteiger partial charge is 0.244 e. The molecule has 5 nitrogen and oxygen atoms in total. The maximum atomic E-state index is 12.4. The van der Waals surface area contributed by atoms with Crippen molar-refractivity contribution in [2.45, 2.75) is 31.3 Å². The van der Waals surface area contributed by atoms with Gasteiger partial charge in [-0.1, -0.05) is 13.8 Å². The van der Waals surface area contributed by atoms with Crippen LogP contribution in [-0.4, -0.2) is 45.1 Å². The fourth-order valence-electron chi connectivity index (χ4n) is 1.83. The van der Waals surface area contributed by atoms with E-state index < -0.39 is 10.0 Å². The molecule has 0 bridgehead atoms. The standard InChI is InChI=1S/C12H20N2O3S2/c1-10(2)13-8-11-7-12(9-18-11)19(15,16)14-3-5-17-6-4-14/h7,9-10,13H,3-6,8H2,1-2H3. The molecule has 0 atom stereocenters. The van der Waals surface area contributed by atoms with Crippen molar-refractivity contribution >= 4 is 21.4 Å². The summed E-state index contributed by atoms with van der Waals surface area (Å²) in [7, 11) is -3.34. The average Bonchev–Trinajstić information content (AvgIpc) is 2.87. The third-order valence-corrected chi connectivity index (χ3v) is 5.88. The number of hydrogen-bond donors (Lipinski definition) is 1. The molecule has 0 aliphatic carbocycles. The number of rotatable bonds is 5. The van der Waals surface area contributed by atoms with Crippen LogP contribution in [0.1, 0.15) is 18.7 Å². The molecule has 108 valence electrons. The molecule has 1 aliphatic rings. The molecule has 0 saturated carbocycles. The Labute approximate surface area is 118 Å². The van der Waals surface area contributed by atoms with Gasteiger partial charge in [0.25, 0.3) is 0 Å². The van der Waals surface area contributed by atoms with Gasteiger partial charge in [-0.15, -0.1) is 11.3 Å². The van der Waals surface area contributed by atoms with Crippen LogP contribution in [0, 0.1) is 0 Å². The summed E-state index contributed by atoms with van der Waals surface area (Å²) < 4.78 is 31.5. The lowest BCUT2D eigenvalue weighted by Crippen LogP contribution is -2.40. The van der Waals surface area contributed by atoms with Crippen molar-refractivity contribution in [3.63, 3.8) is 0 Å². The van der Waals surface area contributed by atoms with Gasteiger partial charge in [-0.25, -0.2) is 8.42 Å². The van der Waals surface area contributed by atoms with Gasteiger partial charge < -0.3 is 10.1 Å². The van der Waals surface area contributed by atoms with Crippen LogP contribution in [0.4, 0.5) is 0 Å². The molecule has 0 unspecified atom stereocenters. The van der Waals surface area contributed by atoms with Gasteiger partial charge in [0.15, 0.2) is 0 Å². The molecule has 1 fully saturated rings. The summed E-state index contributed by atoms with van der Waals surface area (Å²) in [5.74, 6) is 0. The van der Waals surface area contributed by atoms with E-state index in [1.165, 1.54) is 15.6 Å². The number of sulfonamides is 1. The predicted molar refractivity (Wildman–Crippen MR) is 75.9 cm³/mol. The van der Waals surface area contributed by atoms with Crippen LogP contribution in [0.5, 0.6) is 0 Å². The number of hydrogen-bond acceptors (Lipinski definition) is 5. The van der Waals surface area contributed by atoms with Crippen molar-refractivity contribution < 1.29 is 13.2 Å². The van der Waals surface area contributed by atoms with Crippen LogP contribution in [0.3, 0.4) is 0 Å². The largest absolute Gasteiger partial charge is 0.379 e. The summed E-state index contributed by atoms with van der Waals surface area (Å²) in [5, 5.41) is 5.01. The molecular weight excluding hydrogens is 284 g/mol. The van der Waals surface area contributed by atoms with Gasteiger partial charge in [-0.2, -0.15) is 4.31 Å². The van der Waals surface area contributed by atoms with E-state index in [0.717, 1.165) is 4.88 Å². The molecule has 2 rings (SSSR count). The van der Waals surface area contributed by atoms with Crippen molar-refractivity contribution in [1.82, 2.24) is 9.62 Å². The van der Waals surface area contributed by atoms with Gasteiger partial charge in [0.1, 0.15) is 0 Å². The fourth-order valence-corrected chi connectivity index (χ4v) is 4.45. The molecule has 0 aromatic carbocycles.